The van der Waals surface area contributed by atoms with E-state index in [1.165, 1.54) is 57.8 Å². The molecule has 7 atom stereocenters. The van der Waals surface area contributed by atoms with Crippen LogP contribution < -0.4 is 0 Å². The molecule has 0 amide bonds. The van der Waals surface area contributed by atoms with Crippen LogP contribution in [-0.4, -0.2) is 5.78 Å². The lowest BCUT2D eigenvalue weighted by molar-refractivity contribution is -0.155. The summed E-state index contributed by atoms with van der Waals surface area (Å²) in [6.45, 7) is 7.22. The molecule has 0 aromatic heterocycles. The van der Waals surface area contributed by atoms with Crippen molar-refractivity contribution in [2.75, 3.05) is 0 Å². The van der Waals surface area contributed by atoms with Gasteiger partial charge in [-0.3, -0.25) is 4.79 Å². The van der Waals surface area contributed by atoms with Crippen molar-refractivity contribution in [1.29, 1.82) is 0 Å². The van der Waals surface area contributed by atoms with E-state index in [1.54, 1.807) is 0 Å². The van der Waals surface area contributed by atoms with E-state index in [1.807, 2.05) is 0 Å². The third kappa shape index (κ3) is 1.80. The molecule has 0 aromatic rings. The molecule has 1 nitrogen and oxygen atoms in total. The van der Waals surface area contributed by atoms with Crippen molar-refractivity contribution in [2.45, 2.75) is 85.0 Å². The molecular weight excluding hydrogens is 268 g/mol. The lowest BCUT2D eigenvalue weighted by Gasteiger charge is -2.59. The van der Waals surface area contributed by atoms with Crippen molar-refractivity contribution in [3.05, 3.63) is 0 Å². The third-order valence-corrected chi connectivity index (χ3v) is 9.12. The SMILES string of the molecule is CCC1CCC2C3CCC4CCCCC4(C)C3CC(=O)C12C. The normalized spacial score (nSPS) is 54.5. The monoisotopic (exact) mass is 302 g/mol. The van der Waals surface area contributed by atoms with E-state index >= 15 is 0 Å². The number of carbonyl (C=O) groups is 1. The van der Waals surface area contributed by atoms with Gasteiger partial charge in [0.15, 0.2) is 0 Å². The molecule has 0 N–H and O–H groups in total. The Morgan fingerprint density at radius 1 is 1.00 bits per heavy atom. The highest BCUT2D eigenvalue weighted by Crippen LogP contribution is 2.66. The van der Waals surface area contributed by atoms with Crippen LogP contribution in [0.15, 0.2) is 0 Å². The molecule has 124 valence electrons. The summed E-state index contributed by atoms with van der Waals surface area (Å²) in [5.41, 5.74) is 0.524. The fraction of sp³-hybridized carbons (Fsp3) is 0.952. The zero-order valence-electron chi connectivity index (χ0n) is 14.9. The van der Waals surface area contributed by atoms with Gasteiger partial charge in [0.25, 0.3) is 0 Å². The molecule has 0 radical (unpaired) electrons. The van der Waals surface area contributed by atoms with E-state index in [9.17, 15) is 4.79 Å². The molecule has 4 aliphatic rings. The van der Waals surface area contributed by atoms with Gasteiger partial charge in [-0.05, 0) is 73.5 Å². The Labute approximate surface area is 136 Å². The molecule has 0 aromatic carbocycles. The molecule has 0 aliphatic heterocycles. The molecule has 0 spiro atoms. The summed E-state index contributed by atoms with van der Waals surface area (Å²) in [7, 11) is 0. The Hall–Kier alpha value is -0.330. The van der Waals surface area contributed by atoms with E-state index in [0.29, 0.717) is 29.0 Å². The highest BCUT2D eigenvalue weighted by atomic mass is 16.1. The molecule has 22 heavy (non-hydrogen) atoms. The van der Waals surface area contributed by atoms with Crippen LogP contribution in [0.5, 0.6) is 0 Å². The van der Waals surface area contributed by atoms with E-state index in [4.69, 9.17) is 0 Å². The number of hydrogen-bond donors (Lipinski definition) is 0. The van der Waals surface area contributed by atoms with Crippen molar-refractivity contribution in [3.63, 3.8) is 0 Å². The number of carbonyl (C=O) groups excluding carboxylic acids is 1. The average molecular weight is 303 g/mol. The van der Waals surface area contributed by atoms with E-state index in [2.05, 4.69) is 20.8 Å². The number of hydrogen-bond acceptors (Lipinski definition) is 1. The lowest BCUT2D eigenvalue weighted by Crippen LogP contribution is -2.56. The second kappa shape index (κ2) is 5.08. The molecule has 0 saturated heterocycles. The first-order valence-corrected chi connectivity index (χ1v) is 10.0. The fourth-order valence-corrected chi connectivity index (χ4v) is 7.77. The Morgan fingerprint density at radius 3 is 2.59 bits per heavy atom. The second-order valence-corrected chi connectivity index (χ2v) is 9.50. The van der Waals surface area contributed by atoms with Crippen LogP contribution in [0.4, 0.5) is 0 Å². The topological polar surface area (TPSA) is 17.1 Å². The molecular formula is C21H34O. The summed E-state index contributed by atoms with van der Waals surface area (Å²) in [5.74, 6) is 4.52. The van der Waals surface area contributed by atoms with Gasteiger partial charge >= 0.3 is 0 Å². The number of rotatable bonds is 1. The minimum atomic E-state index is 0.0355. The molecule has 4 fully saturated rings. The number of ketones is 1. The predicted octanol–water partition coefficient (Wildman–Crippen LogP) is 5.62. The largest absolute Gasteiger partial charge is 0.299 e. The van der Waals surface area contributed by atoms with Crippen molar-refractivity contribution >= 4 is 5.78 Å². The zero-order chi connectivity index (χ0) is 15.5. The summed E-state index contributed by atoms with van der Waals surface area (Å²) in [6, 6.07) is 0. The van der Waals surface area contributed by atoms with Crippen LogP contribution in [0.1, 0.15) is 85.0 Å². The van der Waals surface area contributed by atoms with Crippen molar-refractivity contribution in [1.82, 2.24) is 0 Å². The fourth-order valence-electron chi connectivity index (χ4n) is 7.77. The van der Waals surface area contributed by atoms with Gasteiger partial charge in [-0.1, -0.05) is 40.0 Å². The zero-order valence-corrected chi connectivity index (χ0v) is 14.9. The molecule has 0 heterocycles. The quantitative estimate of drug-likeness (QED) is 0.614. The minimum absolute atomic E-state index is 0.0355. The Kier molecular flexibility index (Phi) is 3.51. The Balaban J connectivity index is 1.69. The third-order valence-electron chi connectivity index (χ3n) is 9.12. The Morgan fingerprint density at radius 2 is 1.82 bits per heavy atom. The maximum atomic E-state index is 13.2. The lowest BCUT2D eigenvalue weighted by atomic mass is 9.44. The highest BCUT2D eigenvalue weighted by molar-refractivity contribution is 5.87. The van der Waals surface area contributed by atoms with Crippen LogP contribution in [0.25, 0.3) is 0 Å². The standard InChI is InChI=1S/C21H34O/c1-4-14-9-11-17-16-10-8-15-7-5-6-12-20(15,2)18(16)13-19(22)21(14,17)3/h14-18H,4-13H2,1-3H3. The molecule has 4 saturated carbocycles. The molecule has 4 rings (SSSR count). The maximum absolute atomic E-state index is 13.2. The van der Waals surface area contributed by atoms with E-state index in [-0.39, 0.29) is 5.41 Å². The smallest absolute Gasteiger partial charge is 0.139 e. The van der Waals surface area contributed by atoms with Crippen molar-refractivity contribution in [3.8, 4) is 0 Å². The summed E-state index contributed by atoms with van der Waals surface area (Å²) < 4.78 is 0. The second-order valence-electron chi connectivity index (χ2n) is 9.50. The summed E-state index contributed by atoms with van der Waals surface area (Å²) in [4.78, 5) is 13.2. The van der Waals surface area contributed by atoms with Crippen LogP contribution >= 0.6 is 0 Å². The van der Waals surface area contributed by atoms with Crippen LogP contribution in [-0.2, 0) is 4.79 Å². The predicted molar refractivity (Wildman–Crippen MR) is 90.5 cm³/mol. The number of Topliss-reactive ketones (excluding diaryl/α,β-unsaturated/α-hetero) is 1. The summed E-state index contributed by atoms with van der Waals surface area (Å²) in [6.07, 6.45) is 13.3. The first-order chi connectivity index (χ1) is 10.5. The molecule has 0 bridgehead atoms. The van der Waals surface area contributed by atoms with Crippen LogP contribution in [0.3, 0.4) is 0 Å². The van der Waals surface area contributed by atoms with Gasteiger partial charge < -0.3 is 0 Å². The first-order valence-electron chi connectivity index (χ1n) is 10.0. The molecule has 7 unspecified atom stereocenters. The highest BCUT2D eigenvalue weighted by Gasteiger charge is 2.62. The molecule has 1 heteroatoms. The minimum Gasteiger partial charge on any atom is -0.299 e. The van der Waals surface area contributed by atoms with Gasteiger partial charge in [0.2, 0.25) is 0 Å². The van der Waals surface area contributed by atoms with E-state index < -0.39 is 0 Å². The van der Waals surface area contributed by atoms with E-state index in [0.717, 1.165) is 18.3 Å². The van der Waals surface area contributed by atoms with Gasteiger partial charge in [0.05, 0.1) is 0 Å². The van der Waals surface area contributed by atoms with Gasteiger partial charge in [-0.25, -0.2) is 0 Å². The van der Waals surface area contributed by atoms with Crippen molar-refractivity contribution in [2.24, 2.45) is 40.4 Å². The van der Waals surface area contributed by atoms with Gasteiger partial charge in [-0.15, -0.1) is 0 Å². The van der Waals surface area contributed by atoms with Gasteiger partial charge in [-0.2, -0.15) is 0 Å². The number of fused-ring (bicyclic) bond motifs is 5. The maximum Gasteiger partial charge on any atom is 0.139 e. The van der Waals surface area contributed by atoms with Crippen molar-refractivity contribution < 1.29 is 4.79 Å². The Bertz CT molecular complexity index is 469. The summed E-state index contributed by atoms with van der Waals surface area (Å²) in [5, 5.41) is 0. The summed E-state index contributed by atoms with van der Waals surface area (Å²) >= 11 is 0. The van der Waals surface area contributed by atoms with Crippen LogP contribution in [0, 0.1) is 40.4 Å². The first kappa shape index (κ1) is 15.2. The average Bonchev–Trinajstić information content (AvgIpc) is 2.86. The van der Waals surface area contributed by atoms with Gasteiger partial charge in [0, 0.05) is 11.8 Å². The molecule has 4 aliphatic carbocycles. The van der Waals surface area contributed by atoms with Gasteiger partial charge in [0.1, 0.15) is 5.78 Å². The van der Waals surface area contributed by atoms with Crippen LogP contribution in [0.2, 0.25) is 0 Å².